The number of hydrogen-bond acceptors (Lipinski definition) is 5. The zero-order valence-corrected chi connectivity index (χ0v) is 13.7. The van der Waals surface area contributed by atoms with Crippen molar-refractivity contribution in [1.82, 2.24) is 9.78 Å². The lowest BCUT2D eigenvalue weighted by molar-refractivity contribution is -0.0395. The molecular formula is C17H22N4O3. The SMILES string of the molecule is COc1ccc(CNc2cn(C3CCCCO3)nc2C(N)=O)cc1. The number of anilines is 1. The lowest BCUT2D eigenvalue weighted by Gasteiger charge is -2.22. The minimum atomic E-state index is -0.554. The molecule has 7 nitrogen and oxygen atoms in total. The van der Waals surface area contributed by atoms with Gasteiger partial charge in [0.25, 0.3) is 5.91 Å². The van der Waals surface area contributed by atoms with E-state index in [2.05, 4.69) is 10.4 Å². The molecule has 1 aliphatic heterocycles. The molecule has 7 heteroatoms. The second kappa shape index (κ2) is 7.35. The van der Waals surface area contributed by atoms with E-state index in [9.17, 15) is 4.79 Å². The second-order valence-corrected chi connectivity index (χ2v) is 5.76. The summed E-state index contributed by atoms with van der Waals surface area (Å²) < 4.78 is 12.5. The Bertz CT molecular complexity index is 690. The van der Waals surface area contributed by atoms with Crippen molar-refractivity contribution in [2.24, 2.45) is 5.73 Å². The molecule has 0 bridgehead atoms. The molecule has 1 unspecified atom stereocenters. The zero-order valence-electron chi connectivity index (χ0n) is 13.7. The Balaban J connectivity index is 1.73. The van der Waals surface area contributed by atoms with E-state index in [0.29, 0.717) is 18.8 Å². The predicted octanol–water partition coefficient (Wildman–Crippen LogP) is 2.30. The number of benzene rings is 1. The Morgan fingerprint density at radius 3 is 2.83 bits per heavy atom. The molecule has 3 rings (SSSR count). The molecule has 128 valence electrons. The van der Waals surface area contributed by atoms with Crippen LogP contribution >= 0.6 is 0 Å². The summed E-state index contributed by atoms with van der Waals surface area (Å²) in [5.41, 5.74) is 7.37. The number of nitrogens with one attached hydrogen (secondary N) is 1. The number of primary amides is 1. The standard InChI is InChI=1S/C17H22N4O3/c1-23-13-7-5-12(6-8-13)10-19-14-11-21(20-16(14)17(18)22)15-4-2-3-9-24-15/h5-8,11,15,19H,2-4,9-10H2,1H3,(H2,18,22). The Hall–Kier alpha value is -2.54. The number of amides is 1. The summed E-state index contributed by atoms with van der Waals surface area (Å²) in [5, 5.41) is 7.53. The maximum atomic E-state index is 11.7. The van der Waals surface area contributed by atoms with Gasteiger partial charge in [-0.1, -0.05) is 12.1 Å². The van der Waals surface area contributed by atoms with Gasteiger partial charge in [-0.25, -0.2) is 4.68 Å². The predicted molar refractivity (Wildman–Crippen MR) is 89.9 cm³/mol. The number of hydrogen-bond donors (Lipinski definition) is 2. The van der Waals surface area contributed by atoms with Gasteiger partial charge in [-0.15, -0.1) is 0 Å². The summed E-state index contributed by atoms with van der Waals surface area (Å²) in [6.07, 6.45) is 4.69. The van der Waals surface area contributed by atoms with E-state index in [4.69, 9.17) is 15.2 Å². The summed E-state index contributed by atoms with van der Waals surface area (Å²) in [6.45, 7) is 1.27. The van der Waals surface area contributed by atoms with Crippen molar-refractivity contribution >= 4 is 11.6 Å². The molecule has 2 aromatic rings. The van der Waals surface area contributed by atoms with Crippen LogP contribution in [0.1, 0.15) is 41.5 Å². The Morgan fingerprint density at radius 2 is 2.21 bits per heavy atom. The van der Waals surface area contributed by atoms with E-state index in [0.717, 1.165) is 30.6 Å². The van der Waals surface area contributed by atoms with Gasteiger partial charge >= 0.3 is 0 Å². The number of ether oxygens (including phenoxy) is 2. The number of aromatic nitrogens is 2. The van der Waals surface area contributed by atoms with E-state index in [1.807, 2.05) is 24.3 Å². The maximum Gasteiger partial charge on any atom is 0.271 e. The van der Waals surface area contributed by atoms with Gasteiger partial charge in [-0.3, -0.25) is 4.79 Å². The molecule has 1 aromatic heterocycles. The molecule has 0 aliphatic carbocycles. The number of nitrogens with two attached hydrogens (primary N) is 1. The van der Waals surface area contributed by atoms with E-state index in [1.165, 1.54) is 0 Å². The van der Waals surface area contributed by atoms with Gasteiger partial charge in [0.1, 0.15) is 12.0 Å². The van der Waals surface area contributed by atoms with Crippen molar-refractivity contribution in [1.29, 1.82) is 0 Å². The summed E-state index contributed by atoms with van der Waals surface area (Å²) in [4.78, 5) is 11.7. The normalized spacial score (nSPS) is 17.5. The molecule has 0 saturated carbocycles. The van der Waals surface area contributed by atoms with Gasteiger partial charge in [0.15, 0.2) is 5.69 Å². The van der Waals surface area contributed by atoms with Crippen LogP contribution in [0.15, 0.2) is 30.5 Å². The molecule has 2 heterocycles. The molecule has 1 saturated heterocycles. The molecule has 1 amide bonds. The third-order valence-electron chi connectivity index (χ3n) is 4.06. The van der Waals surface area contributed by atoms with E-state index in [-0.39, 0.29) is 11.9 Å². The monoisotopic (exact) mass is 330 g/mol. The van der Waals surface area contributed by atoms with Crippen LogP contribution < -0.4 is 15.8 Å². The third kappa shape index (κ3) is 3.68. The van der Waals surface area contributed by atoms with Crippen LogP contribution in [-0.4, -0.2) is 29.4 Å². The fraction of sp³-hybridized carbons (Fsp3) is 0.412. The Labute approximate surface area is 140 Å². The Morgan fingerprint density at radius 1 is 1.42 bits per heavy atom. The first-order valence-corrected chi connectivity index (χ1v) is 8.04. The van der Waals surface area contributed by atoms with Crippen LogP contribution in [0.4, 0.5) is 5.69 Å². The van der Waals surface area contributed by atoms with Gasteiger partial charge in [0.2, 0.25) is 0 Å². The van der Waals surface area contributed by atoms with Crippen LogP contribution in [-0.2, 0) is 11.3 Å². The van der Waals surface area contributed by atoms with E-state index in [1.54, 1.807) is 18.0 Å². The fourth-order valence-electron chi connectivity index (χ4n) is 2.72. The lowest BCUT2D eigenvalue weighted by Crippen LogP contribution is -2.20. The van der Waals surface area contributed by atoms with Crippen molar-refractivity contribution in [2.45, 2.75) is 32.0 Å². The van der Waals surface area contributed by atoms with Crippen LogP contribution in [0.5, 0.6) is 5.75 Å². The largest absolute Gasteiger partial charge is 0.497 e. The summed E-state index contributed by atoms with van der Waals surface area (Å²) in [7, 11) is 1.63. The molecule has 0 radical (unpaired) electrons. The van der Waals surface area contributed by atoms with Crippen molar-refractivity contribution in [2.75, 3.05) is 19.0 Å². The minimum absolute atomic E-state index is 0.131. The quantitative estimate of drug-likeness (QED) is 0.848. The molecule has 1 atom stereocenters. The van der Waals surface area contributed by atoms with Crippen LogP contribution in [0.25, 0.3) is 0 Å². The summed E-state index contributed by atoms with van der Waals surface area (Å²) >= 11 is 0. The van der Waals surface area contributed by atoms with Crippen molar-refractivity contribution in [3.8, 4) is 5.75 Å². The van der Waals surface area contributed by atoms with E-state index < -0.39 is 5.91 Å². The second-order valence-electron chi connectivity index (χ2n) is 5.76. The number of rotatable bonds is 6. The Kier molecular flexibility index (Phi) is 5.00. The highest BCUT2D eigenvalue weighted by atomic mass is 16.5. The van der Waals surface area contributed by atoms with Crippen LogP contribution in [0.3, 0.4) is 0 Å². The van der Waals surface area contributed by atoms with Crippen molar-refractivity contribution in [3.63, 3.8) is 0 Å². The smallest absolute Gasteiger partial charge is 0.271 e. The highest BCUT2D eigenvalue weighted by molar-refractivity contribution is 5.96. The molecule has 1 aliphatic rings. The minimum Gasteiger partial charge on any atom is -0.497 e. The van der Waals surface area contributed by atoms with Gasteiger partial charge in [0.05, 0.1) is 19.0 Å². The van der Waals surface area contributed by atoms with Gasteiger partial charge in [-0.2, -0.15) is 5.10 Å². The third-order valence-corrected chi connectivity index (χ3v) is 4.06. The lowest BCUT2D eigenvalue weighted by atomic mass is 10.2. The highest BCUT2D eigenvalue weighted by Crippen LogP contribution is 2.25. The van der Waals surface area contributed by atoms with E-state index >= 15 is 0 Å². The van der Waals surface area contributed by atoms with Crippen LogP contribution in [0, 0.1) is 0 Å². The topological polar surface area (TPSA) is 91.4 Å². The molecule has 0 spiro atoms. The molecule has 1 aromatic carbocycles. The van der Waals surface area contributed by atoms with Crippen LogP contribution in [0.2, 0.25) is 0 Å². The highest BCUT2D eigenvalue weighted by Gasteiger charge is 2.21. The van der Waals surface area contributed by atoms with Crippen molar-refractivity contribution in [3.05, 3.63) is 41.7 Å². The number of carbonyl (C=O) groups is 1. The fourth-order valence-corrected chi connectivity index (χ4v) is 2.72. The first-order chi connectivity index (χ1) is 11.7. The number of methoxy groups -OCH3 is 1. The molecular weight excluding hydrogens is 308 g/mol. The zero-order chi connectivity index (χ0) is 16.9. The molecule has 1 fully saturated rings. The number of nitrogens with zero attached hydrogens (tertiary/aromatic N) is 2. The first kappa shape index (κ1) is 16.3. The summed E-state index contributed by atoms with van der Waals surface area (Å²) in [5.74, 6) is 0.251. The average molecular weight is 330 g/mol. The number of carbonyl (C=O) groups excluding carboxylic acids is 1. The molecule has 3 N–H and O–H groups in total. The first-order valence-electron chi connectivity index (χ1n) is 8.04. The van der Waals surface area contributed by atoms with Gasteiger partial charge in [-0.05, 0) is 37.0 Å². The summed E-state index contributed by atoms with van der Waals surface area (Å²) in [6, 6.07) is 7.71. The average Bonchev–Trinajstić information content (AvgIpc) is 3.06. The molecule has 24 heavy (non-hydrogen) atoms. The van der Waals surface area contributed by atoms with Gasteiger partial charge in [0, 0.05) is 13.2 Å². The van der Waals surface area contributed by atoms with Gasteiger partial charge < -0.3 is 20.5 Å². The maximum absolute atomic E-state index is 11.7. The van der Waals surface area contributed by atoms with Crippen molar-refractivity contribution < 1.29 is 14.3 Å².